The topological polar surface area (TPSA) is 21.3 Å². The number of benzene rings is 1. The largest absolute Gasteiger partial charge is 0.384 e. The van der Waals surface area contributed by atoms with E-state index in [0.29, 0.717) is 27.5 Å². The van der Waals surface area contributed by atoms with Crippen LogP contribution in [0.3, 0.4) is 0 Å². The molecule has 0 bridgehead atoms. The Morgan fingerprint density at radius 1 is 1.24 bits per heavy atom. The summed E-state index contributed by atoms with van der Waals surface area (Å²) in [6.07, 6.45) is 0. The Morgan fingerprint density at radius 3 is 2.53 bits per heavy atom. The van der Waals surface area contributed by atoms with Crippen molar-refractivity contribution in [2.45, 2.75) is 13.5 Å². The summed E-state index contributed by atoms with van der Waals surface area (Å²) in [7, 11) is 1.70. The van der Waals surface area contributed by atoms with Gasteiger partial charge in [0.15, 0.2) is 0 Å². The van der Waals surface area contributed by atoms with E-state index in [1.54, 1.807) is 19.2 Å². The third-order valence-corrected chi connectivity index (χ3v) is 3.58. The van der Waals surface area contributed by atoms with E-state index >= 15 is 0 Å². The van der Waals surface area contributed by atoms with Crippen LogP contribution in [0.4, 0.5) is 0 Å². The van der Waals surface area contributed by atoms with Gasteiger partial charge in [0, 0.05) is 37.4 Å². The van der Waals surface area contributed by atoms with Crippen molar-refractivity contribution in [2.24, 2.45) is 5.92 Å². The lowest BCUT2D eigenvalue weighted by Crippen LogP contribution is -2.23. The summed E-state index contributed by atoms with van der Waals surface area (Å²) in [6.45, 7) is 4.28. The van der Waals surface area contributed by atoms with E-state index in [1.807, 2.05) is 0 Å². The highest BCUT2D eigenvalue weighted by Gasteiger charge is 2.09. The molecule has 0 fully saturated rings. The van der Waals surface area contributed by atoms with E-state index in [-0.39, 0.29) is 0 Å². The van der Waals surface area contributed by atoms with E-state index in [0.717, 1.165) is 18.7 Å². The van der Waals surface area contributed by atoms with Gasteiger partial charge in [-0.25, -0.2) is 0 Å². The lowest BCUT2D eigenvalue weighted by molar-refractivity contribution is 0.158. The van der Waals surface area contributed by atoms with Gasteiger partial charge in [-0.1, -0.05) is 41.7 Å². The van der Waals surface area contributed by atoms with E-state index < -0.39 is 0 Å². The molecule has 1 unspecified atom stereocenters. The molecule has 2 nitrogen and oxygen atoms in total. The van der Waals surface area contributed by atoms with Crippen molar-refractivity contribution >= 4 is 34.8 Å². The zero-order chi connectivity index (χ0) is 12.8. The summed E-state index contributed by atoms with van der Waals surface area (Å²) in [5.74, 6) is 0.441. The number of ether oxygens (including phenoxy) is 1. The highest BCUT2D eigenvalue weighted by atomic mass is 35.5. The predicted molar refractivity (Wildman–Crippen MR) is 74.2 cm³/mol. The molecule has 1 N–H and O–H groups in total. The van der Waals surface area contributed by atoms with Crippen molar-refractivity contribution < 1.29 is 4.74 Å². The maximum Gasteiger partial charge on any atom is 0.0652 e. The Labute approximate surface area is 117 Å². The van der Waals surface area contributed by atoms with Crippen LogP contribution in [0.2, 0.25) is 15.1 Å². The van der Waals surface area contributed by atoms with Gasteiger partial charge >= 0.3 is 0 Å². The summed E-state index contributed by atoms with van der Waals surface area (Å²) < 4.78 is 5.06. The molecule has 0 aliphatic carbocycles. The molecular formula is C12H16Cl3NO. The fraction of sp³-hybridized carbons (Fsp3) is 0.500. The van der Waals surface area contributed by atoms with E-state index in [1.165, 1.54) is 0 Å². The van der Waals surface area contributed by atoms with Crippen molar-refractivity contribution in [3.8, 4) is 0 Å². The second-order valence-electron chi connectivity index (χ2n) is 4.01. The lowest BCUT2D eigenvalue weighted by Gasteiger charge is -2.13. The minimum Gasteiger partial charge on any atom is -0.384 e. The molecule has 0 saturated carbocycles. The first kappa shape index (κ1) is 15.1. The Hall–Kier alpha value is 0.01000. The summed E-state index contributed by atoms with van der Waals surface area (Å²) in [6, 6.07) is 3.45. The zero-order valence-electron chi connectivity index (χ0n) is 9.90. The number of hydrogen-bond acceptors (Lipinski definition) is 2. The fourth-order valence-electron chi connectivity index (χ4n) is 1.52. The molecule has 96 valence electrons. The molecular weight excluding hydrogens is 280 g/mol. The quantitative estimate of drug-likeness (QED) is 0.801. The smallest absolute Gasteiger partial charge is 0.0652 e. The van der Waals surface area contributed by atoms with Gasteiger partial charge in [0.05, 0.1) is 10.0 Å². The van der Waals surface area contributed by atoms with Crippen LogP contribution in [0.1, 0.15) is 12.5 Å². The number of hydrogen-bond donors (Lipinski definition) is 1. The Balaban J connectivity index is 2.55. The molecule has 1 aromatic carbocycles. The standard InChI is InChI=1S/C12H16Cl3NO/c1-8(7-17-2)5-16-6-9-10(13)3-4-11(14)12(9)15/h3-4,8,16H,5-7H2,1-2H3. The molecule has 0 radical (unpaired) electrons. The SMILES string of the molecule is COCC(C)CNCc1c(Cl)ccc(Cl)c1Cl. The maximum atomic E-state index is 6.09. The second kappa shape index (κ2) is 7.45. The van der Waals surface area contributed by atoms with Gasteiger partial charge in [-0.05, 0) is 18.1 Å². The summed E-state index contributed by atoms with van der Waals surface area (Å²) in [4.78, 5) is 0. The molecule has 0 heterocycles. The molecule has 1 aromatic rings. The van der Waals surface area contributed by atoms with E-state index in [9.17, 15) is 0 Å². The van der Waals surface area contributed by atoms with Gasteiger partial charge < -0.3 is 10.1 Å². The Bertz CT molecular complexity index is 371. The van der Waals surface area contributed by atoms with Crippen LogP contribution in [-0.2, 0) is 11.3 Å². The third-order valence-electron chi connectivity index (χ3n) is 2.38. The van der Waals surface area contributed by atoms with Crippen molar-refractivity contribution in [3.63, 3.8) is 0 Å². The van der Waals surface area contributed by atoms with E-state index in [2.05, 4.69) is 12.2 Å². The van der Waals surface area contributed by atoms with Gasteiger partial charge in [-0.2, -0.15) is 0 Å². The summed E-state index contributed by atoms with van der Waals surface area (Å²) in [5.41, 5.74) is 0.838. The number of nitrogens with one attached hydrogen (secondary N) is 1. The van der Waals surface area contributed by atoms with Crippen molar-refractivity contribution in [2.75, 3.05) is 20.3 Å². The molecule has 0 aliphatic heterocycles. The number of halogens is 3. The van der Waals surface area contributed by atoms with Crippen LogP contribution in [0, 0.1) is 5.92 Å². The van der Waals surface area contributed by atoms with Gasteiger partial charge in [0.1, 0.15) is 0 Å². The molecule has 0 spiro atoms. The highest BCUT2D eigenvalue weighted by molar-refractivity contribution is 6.44. The summed E-state index contributed by atoms with van der Waals surface area (Å²) in [5, 5.41) is 4.96. The van der Waals surface area contributed by atoms with Crippen LogP contribution >= 0.6 is 34.8 Å². The molecule has 1 atom stereocenters. The maximum absolute atomic E-state index is 6.09. The normalized spacial score (nSPS) is 12.8. The first-order valence-corrected chi connectivity index (χ1v) is 6.51. The van der Waals surface area contributed by atoms with Crippen LogP contribution in [0.15, 0.2) is 12.1 Å². The Kier molecular flexibility index (Phi) is 6.60. The van der Waals surface area contributed by atoms with Crippen LogP contribution in [0.5, 0.6) is 0 Å². The first-order chi connectivity index (χ1) is 8.06. The molecule has 0 aromatic heterocycles. The monoisotopic (exact) mass is 295 g/mol. The highest BCUT2D eigenvalue weighted by Crippen LogP contribution is 2.31. The minimum atomic E-state index is 0.441. The first-order valence-electron chi connectivity index (χ1n) is 5.38. The molecule has 5 heteroatoms. The lowest BCUT2D eigenvalue weighted by atomic mass is 10.2. The van der Waals surface area contributed by atoms with Crippen LogP contribution in [0.25, 0.3) is 0 Å². The molecule has 17 heavy (non-hydrogen) atoms. The fourth-order valence-corrected chi connectivity index (χ4v) is 2.20. The summed E-state index contributed by atoms with van der Waals surface area (Å²) >= 11 is 18.1. The second-order valence-corrected chi connectivity index (χ2v) is 5.21. The van der Waals surface area contributed by atoms with Crippen molar-refractivity contribution in [3.05, 3.63) is 32.8 Å². The number of rotatable bonds is 6. The molecule has 0 saturated heterocycles. The van der Waals surface area contributed by atoms with Crippen molar-refractivity contribution in [1.29, 1.82) is 0 Å². The average Bonchev–Trinajstić information content (AvgIpc) is 2.29. The predicted octanol–water partition coefficient (Wildman–Crippen LogP) is 4.02. The zero-order valence-corrected chi connectivity index (χ0v) is 12.2. The van der Waals surface area contributed by atoms with Crippen molar-refractivity contribution in [1.82, 2.24) is 5.32 Å². The van der Waals surface area contributed by atoms with Crippen LogP contribution in [-0.4, -0.2) is 20.3 Å². The molecule has 1 rings (SSSR count). The van der Waals surface area contributed by atoms with Crippen LogP contribution < -0.4 is 5.32 Å². The van der Waals surface area contributed by atoms with Gasteiger partial charge in [-0.3, -0.25) is 0 Å². The third kappa shape index (κ3) is 4.65. The molecule has 0 aliphatic rings. The van der Waals surface area contributed by atoms with Gasteiger partial charge in [-0.15, -0.1) is 0 Å². The minimum absolute atomic E-state index is 0.441. The molecule has 0 amide bonds. The van der Waals surface area contributed by atoms with E-state index in [4.69, 9.17) is 39.5 Å². The van der Waals surface area contributed by atoms with Gasteiger partial charge in [0.2, 0.25) is 0 Å². The Morgan fingerprint density at radius 2 is 1.88 bits per heavy atom. The number of methoxy groups -OCH3 is 1. The average molecular weight is 297 g/mol. The van der Waals surface area contributed by atoms with Gasteiger partial charge in [0.25, 0.3) is 0 Å².